The molecular formula is C11H21N3O3S. The number of nitrogens with zero attached hydrogens (tertiary/aromatic N) is 2. The molecule has 1 aromatic rings. The van der Waals surface area contributed by atoms with Crippen LogP contribution in [0.25, 0.3) is 0 Å². The SMILES string of the molecule is CCn1cc(S(=O)(=O)NCCCOC(C)C)cn1. The van der Waals surface area contributed by atoms with Gasteiger partial charge in [-0.25, -0.2) is 13.1 Å². The summed E-state index contributed by atoms with van der Waals surface area (Å²) in [4.78, 5) is 0.203. The highest BCUT2D eigenvalue weighted by molar-refractivity contribution is 7.89. The summed E-state index contributed by atoms with van der Waals surface area (Å²) in [5, 5.41) is 3.94. The molecule has 18 heavy (non-hydrogen) atoms. The second-order valence-corrected chi connectivity index (χ2v) is 5.97. The number of rotatable bonds is 8. The van der Waals surface area contributed by atoms with E-state index in [-0.39, 0.29) is 11.0 Å². The predicted molar refractivity (Wildman–Crippen MR) is 68.8 cm³/mol. The molecule has 0 atom stereocenters. The summed E-state index contributed by atoms with van der Waals surface area (Å²) in [5.41, 5.74) is 0. The molecular weight excluding hydrogens is 254 g/mol. The van der Waals surface area contributed by atoms with Gasteiger partial charge in [0.15, 0.2) is 0 Å². The normalized spacial score (nSPS) is 12.2. The number of hydrogen-bond donors (Lipinski definition) is 1. The van der Waals surface area contributed by atoms with Gasteiger partial charge in [-0.2, -0.15) is 5.10 Å². The lowest BCUT2D eigenvalue weighted by Crippen LogP contribution is -2.25. The van der Waals surface area contributed by atoms with Gasteiger partial charge in [0.2, 0.25) is 10.0 Å². The van der Waals surface area contributed by atoms with Gasteiger partial charge in [0, 0.05) is 25.9 Å². The molecule has 0 aromatic carbocycles. The zero-order valence-electron chi connectivity index (χ0n) is 11.1. The van der Waals surface area contributed by atoms with Gasteiger partial charge < -0.3 is 4.74 Å². The van der Waals surface area contributed by atoms with Crippen LogP contribution in [0, 0.1) is 0 Å². The molecule has 0 unspecified atom stereocenters. The van der Waals surface area contributed by atoms with Crippen molar-refractivity contribution in [1.29, 1.82) is 0 Å². The lowest BCUT2D eigenvalue weighted by molar-refractivity contribution is 0.0778. The van der Waals surface area contributed by atoms with E-state index in [1.54, 1.807) is 4.68 Å². The Labute approximate surface area is 108 Å². The topological polar surface area (TPSA) is 73.2 Å². The van der Waals surface area contributed by atoms with Crippen molar-refractivity contribution in [2.75, 3.05) is 13.2 Å². The molecule has 0 fully saturated rings. The van der Waals surface area contributed by atoms with Crippen LogP contribution in [0.4, 0.5) is 0 Å². The molecule has 1 N–H and O–H groups in total. The predicted octanol–water partition coefficient (Wildman–Crippen LogP) is 0.996. The Hall–Kier alpha value is -0.920. The van der Waals surface area contributed by atoms with Crippen LogP contribution >= 0.6 is 0 Å². The fourth-order valence-electron chi connectivity index (χ4n) is 1.34. The maximum absolute atomic E-state index is 11.9. The smallest absolute Gasteiger partial charge is 0.243 e. The molecule has 0 saturated carbocycles. The van der Waals surface area contributed by atoms with Crippen LogP contribution in [-0.4, -0.2) is 37.5 Å². The fraction of sp³-hybridized carbons (Fsp3) is 0.727. The van der Waals surface area contributed by atoms with Crippen LogP contribution in [0.2, 0.25) is 0 Å². The Balaban J connectivity index is 2.40. The second kappa shape index (κ2) is 6.86. The molecule has 0 bridgehead atoms. The minimum atomic E-state index is -3.44. The van der Waals surface area contributed by atoms with Crippen molar-refractivity contribution in [1.82, 2.24) is 14.5 Å². The van der Waals surface area contributed by atoms with Gasteiger partial charge in [-0.05, 0) is 27.2 Å². The van der Waals surface area contributed by atoms with Crippen LogP contribution in [-0.2, 0) is 21.3 Å². The van der Waals surface area contributed by atoms with E-state index in [4.69, 9.17) is 4.74 Å². The Kier molecular flexibility index (Phi) is 5.77. The Bertz CT molecular complexity index is 454. The first-order valence-electron chi connectivity index (χ1n) is 6.09. The molecule has 0 radical (unpaired) electrons. The average Bonchev–Trinajstić information content (AvgIpc) is 2.77. The summed E-state index contributed by atoms with van der Waals surface area (Å²) in [7, 11) is -3.44. The number of sulfonamides is 1. The van der Waals surface area contributed by atoms with Crippen LogP contribution in [0.15, 0.2) is 17.3 Å². The standard InChI is InChI=1S/C11H21N3O3S/c1-4-14-9-11(8-12-14)18(15,16)13-6-5-7-17-10(2)3/h8-10,13H,4-7H2,1-3H3. The van der Waals surface area contributed by atoms with E-state index < -0.39 is 10.0 Å². The molecule has 1 aromatic heterocycles. The minimum absolute atomic E-state index is 0.171. The summed E-state index contributed by atoms with van der Waals surface area (Å²) in [6, 6.07) is 0. The van der Waals surface area contributed by atoms with Gasteiger partial charge in [-0.3, -0.25) is 4.68 Å². The molecule has 1 rings (SSSR count). The van der Waals surface area contributed by atoms with E-state index in [9.17, 15) is 8.42 Å². The lowest BCUT2D eigenvalue weighted by atomic mass is 10.4. The van der Waals surface area contributed by atoms with Crippen LogP contribution in [0.3, 0.4) is 0 Å². The number of nitrogens with one attached hydrogen (secondary N) is 1. The Morgan fingerprint density at radius 1 is 1.50 bits per heavy atom. The van der Waals surface area contributed by atoms with Crippen molar-refractivity contribution in [2.24, 2.45) is 0 Å². The van der Waals surface area contributed by atoms with E-state index in [1.807, 2.05) is 20.8 Å². The Morgan fingerprint density at radius 2 is 2.22 bits per heavy atom. The summed E-state index contributed by atoms with van der Waals surface area (Å²) < 4.78 is 33.1. The van der Waals surface area contributed by atoms with Crippen molar-refractivity contribution in [3.8, 4) is 0 Å². The van der Waals surface area contributed by atoms with Crippen LogP contribution in [0.5, 0.6) is 0 Å². The van der Waals surface area contributed by atoms with Gasteiger partial charge in [0.25, 0.3) is 0 Å². The average molecular weight is 275 g/mol. The number of aryl methyl sites for hydroxylation is 1. The van der Waals surface area contributed by atoms with Crippen LogP contribution in [0.1, 0.15) is 27.2 Å². The number of hydrogen-bond acceptors (Lipinski definition) is 4. The molecule has 1 heterocycles. The maximum Gasteiger partial charge on any atom is 0.243 e. The first-order chi connectivity index (χ1) is 8.45. The fourth-order valence-corrected chi connectivity index (χ4v) is 2.36. The van der Waals surface area contributed by atoms with Gasteiger partial charge in [-0.15, -0.1) is 0 Å². The molecule has 0 amide bonds. The molecule has 0 saturated heterocycles. The Morgan fingerprint density at radius 3 is 2.78 bits per heavy atom. The monoisotopic (exact) mass is 275 g/mol. The summed E-state index contributed by atoms with van der Waals surface area (Å²) in [6.07, 6.45) is 3.70. The zero-order valence-corrected chi connectivity index (χ0v) is 11.9. The third-order valence-corrected chi connectivity index (χ3v) is 3.72. The minimum Gasteiger partial charge on any atom is -0.379 e. The van der Waals surface area contributed by atoms with E-state index in [0.29, 0.717) is 26.1 Å². The van der Waals surface area contributed by atoms with Gasteiger partial charge in [0.1, 0.15) is 4.90 Å². The van der Waals surface area contributed by atoms with Crippen molar-refractivity contribution >= 4 is 10.0 Å². The molecule has 104 valence electrons. The van der Waals surface area contributed by atoms with Crippen molar-refractivity contribution in [3.05, 3.63) is 12.4 Å². The molecule has 0 aliphatic rings. The largest absolute Gasteiger partial charge is 0.379 e. The quantitative estimate of drug-likeness (QED) is 0.718. The highest BCUT2D eigenvalue weighted by Crippen LogP contribution is 2.06. The molecule has 0 spiro atoms. The van der Waals surface area contributed by atoms with Crippen LogP contribution < -0.4 is 4.72 Å². The molecule has 0 aliphatic carbocycles. The van der Waals surface area contributed by atoms with Gasteiger partial charge in [0.05, 0.1) is 12.3 Å². The highest BCUT2D eigenvalue weighted by atomic mass is 32.2. The van der Waals surface area contributed by atoms with Gasteiger partial charge in [-0.1, -0.05) is 0 Å². The second-order valence-electron chi connectivity index (χ2n) is 4.20. The first kappa shape index (κ1) is 15.1. The molecule has 7 heteroatoms. The maximum atomic E-state index is 11.9. The number of aromatic nitrogens is 2. The first-order valence-corrected chi connectivity index (χ1v) is 7.57. The molecule has 0 aliphatic heterocycles. The van der Waals surface area contributed by atoms with Crippen molar-refractivity contribution < 1.29 is 13.2 Å². The summed E-state index contributed by atoms with van der Waals surface area (Å²) in [5.74, 6) is 0. The number of ether oxygens (including phenoxy) is 1. The third kappa shape index (κ3) is 4.75. The van der Waals surface area contributed by atoms with E-state index in [0.717, 1.165) is 0 Å². The molecule has 6 nitrogen and oxygen atoms in total. The zero-order chi connectivity index (χ0) is 13.6. The van der Waals surface area contributed by atoms with E-state index in [2.05, 4.69) is 9.82 Å². The lowest BCUT2D eigenvalue weighted by Gasteiger charge is -2.07. The van der Waals surface area contributed by atoms with Crippen molar-refractivity contribution in [3.63, 3.8) is 0 Å². The summed E-state index contributed by atoms with van der Waals surface area (Å²) in [6.45, 7) is 7.37. The van der Waals surface area contributed by atoms with Crippen molar-refractivity contribution in [2.45, 2.75) is 44.7 Å². The van der Waals surface area contributed by atoms with E-state index >= 15 is 0 Å². The highest BCUT2D eigenvalue weighted by Gasteiger charge is 2.15. The summed E-state index contributed by atoms with van der Waals surface area (Å²) >= 11 is 0. The third-order valence-electron chi connectivity index (χ3n) is 2.31. The van der Waals surface area contributed by atoms with Gasteiger partial charge >= 0.3 is 0 Å². The van der Waals surface area contributed by atoms with E-state index in [1.165, 1.54) is 12.4 Å².